The highest BCUT2D eigenvalue weighted by Crippen LogP contribution is 2.33. The second-order valence-corrected chi connectivity index (χ2v) is 4.42. The zero-order chi connectivity index (χ0) is 12.7. The Morgan fingerprint density at radius 2 is 2.22 bits per heavy atom. The van der Waals surface area contributed by atoms with E-state index in [9.17, 15) is 0 Å². The summed E-state index contributed by atoms with van der Waals surface area (Å²) in [4.78, 5) is 3.92. The van der Waals surface area contributed by atoms with Crippen LogP contribution in [-0.2, 0) is 4.74 Å². The number of hydrogen-bond donors (Lipinski definition) is 3. The number of anilines is 2. The number of fused-ring (bicyclic) bond motifs is 1. The second-order valence-electron chi connectivity index (χ2n) is 4.42. The number of ether oxygens (including phenoxy) is 1. The summed E-state index contributed by atoms with van der Waals surface area (Å²) in [7, 11) is 0. The number of aliphatic hydroxyl groups is 1. The first-order valence-corrected chi connectivity index (χ1v) is 5.86. The molecule has 2 aromatic rings. The predicted octanol–water partition coefficient (Wildman–Crippen LogP) is 0.106. The van der Waals surface area contributed by atoms with Gasteiger partial charge in [0.1, 0.15) is 11.6 Å². The molecule has 7 heteroatoms. The molecule has 0 aliphatic carbocycles. The zero-order valence-corrected chi connectivity index (χ0v) is 9.78. The lowest BCUT2D eigenvalue weighted by Crippen LogP contribution is -2.13. The minimum absolute atomic E-state index is 0.0407. The molecule has 3 rings (SSSR count). The monoisotopic (exact) mass is 249 g/mol. The maximum atomic E-state index is 9.09. The van der Waals surface area contributed by atoms with Crippen molar-refractivity contribution in [1.82, 2.24) is 14.6 Å². The molecule has 1 fully saturated rings. The number of nitrogen functional groups attached to an aromatic ring is 2. The van der Waals surface area contributed by atoms with Crippen LogP contribution in [0.15, 0.2) is 12.1 Å². The Labute approximate surface area is 103 Å². The lowest BCUT2D eigenvalue weighted by atomic mass is 10.1. The van der Waals surface area contributed by atoms with Gasteiger partial charge < -0.3 is 21.3 Å². The van der Waals surface area contributed by atoms with Crippen LogP contribution in [0.3, 0.4) is 0 Å². The van der Waals surface area contributed by atoms with Crippen LogP contribution in [-0.4, -0.2) is 32.4 Å². The standard InChI is InChI=1S/C11H15N5O2/c12-10-8-3-2-7(16(8)15-11(13)14-10)9-4-1-6(5-17)18-9/h2-3,6,9,17H,1,4-5H2,(H4,12,13,14,15). The molecule has 7 nitrogen and oxygen atoms in total. The summed E-state index contributed by atoms with van der Waals surface area (Å²) in [6, 6.07) is 3.75. The van der Waals surface area contributed by atoms with Crippen molar-refractivity contribution >= 4 is 17.3 Å². The molecule has 1 aliphatic heterocycles. The van der Waals surface area contributed by atoms with Gasteiger partial charge in [0.15, 0.2) is 5.82 Å². The maximum Gasteiger partial charge on any atom is 0.240 e. The van der Waals surface area contributed by atoms with Crippen molar-refractivity contribution in [2.75, 3.05) is 18.1 Å². The van der Waals surface area contributed by atoms with Crippen LogP contribution in [0, 0.1) is 0 Å². The van der Waals surface area contributed by atoms with E-state index in [2.05, 4.69) is 10.1 Å². The normalized spacial score (nSPS) is 23.8. The van der Waals surface area contributed by atoms with E-state index in [0.717, 1.165) is 24.1 Å². The molecule has 2 unspecified atom stereocenters. The van der Waals surface area contributed by atoms with Crippen molar-refractivity contribution in [3.63, 3.8) is 0 Å². The fraction of sp³-hybridized carbons (Fsp3) is 0.455. The quantitative estimate of drug-likeness (QED) is 0.696. The Hall–Kier alpha value is -1.86. The van der Waals surface area contributed by atoms with Crippen molar-refractivity contribution in [2.45, 2.75) is 25.0 Å². The third-order valence-corrected chi connectivity index (χ3v) is 3.23. The summed E-state index contributed by atoms with van der Waals surface area (Å²) in [6.45, 7) is 0.0407. The summed E-state index contributed by atoms with van der Waals surface area (Å²) in [5.74, 6) is 0.486. The van der Waals surface area contributed by atoms with E-state index < -0.39 is 0 Å². The van der Waals surface area contributed by atoms with Crippen LogP contribution in [0.25, 0.3) is 5.52 Å². The van der Waals surface area contributed by atoms with Crippen LogP contribution < -0.4 is 11.5 Å². The number of rotatable bonds is 2. The zero-order valence-electron chi connectivity index (χ0n) is 9.78. The number of aromatic nitrogens is 3. The minimum atomic E-state index is -0.0999. The van der Waals surface area contributed by atoms with Crippen molar-refractivity contribution < 1.29 is 9.84 Å². The van der Waals surface area contributed by atoms with Gasteiger partial charge in [-0.1, -0.05) is 0 Å². The minimum Gasteiger partial charge on any atom is -0.394 e. The van der Waals surface area contributed by atoms with Crippen molar-refractivity contribution in [1.29, 1.82) is 0 Å². The average Bonchev–Trinajstić information content (AvgIpc) is 2.93. The van der Waals surface area contributed by atoms with Crippen LogP contribution >= 0.6 is 0 Å². The molecule has 1 aliphatic rings. The van der Waals surface area contributed by atoms with E-state index >= 15 is 0 Å². The lowest BCUT2D eigenvalue weighted by Gasteiger charge is -2.12. The molecular weight excluding hydrogens is 234 g/mol. The van der Waals surface area contributed by atoms with Gasteiger partial charge in [0, 0.05) is 0 Å². The van der Waals surface area contributed by atoms with Gasteiger partial charge in [-0.05, 0) is 25.0 Å². The fourth-order valence-electron chi connectivity index (χ4n) is 2.36. The Morgan fingerprint density at radius 1 is 1.39 bits per heavy atom. The first-order valence-electron chi connectivity index (χ1n) is 5.86. The molecule has 1 saturated heterocycles. The average molecular weight is 249 g/mol. The number of nitrogens with two attached hydrogens (primary N) is 2. The molecule has 0 spiro atoms. The molecular formula is C11H15N5O2. The van der Waals surface area contributed by atoms with Gasteiger partial charge >= 0.3 is 0 Å². The van der Waals surface area contributed by atoms with Gasteiger partial charge in [-0.15, -0.1) is 5.10 Å². The van der Waals surface area contributed by atoms with E-state index in [0.29, 0.717) is 5.82 Å². The van der Waals surface area contributed by atoms with E-state index in [1.165, 1.54) is 0 Å². The highest BCUT2D eigenvalue weighted by molar-refractivity contribution is 5.66. The Kier molecular flexibility index (Phi) is 2.57. The SMILES string of the molecule is Nc1nc(N)c2ccc(C3CCC(CO)O3)n2n1. The first kappa shape index (κ1) is 11.2. The smallest absolute Gasteiger partial charge is 0.240 e. The fourth-order valence-corrected chi connectivity index (χ4v) is 2.36. The number of hydrogen-bond acceptors (Lipinski definition) is 6. The molecule has 0 bridgehead atoms. The maximum absolute atomic E-state index is 9.09. The van der Waals surface area contributed by atoms with Crippen molar-refractivity contribution in [3.05, 3.63) is 17.8 Å². The molecule has 2 atom stereocenters. The van der Waals surface area contributed by atoms with Gasteiger partial charge in [-0.3, -0.25) is 0 Å². The van der Waals surface area contributed by atoms with E-state index in [-0.39, 0.29) is 24.8 Å². The first-order chi connectivity index (χ1) is 8.69. The van der Waals surface area contributed by atoms with Gasteiger partial charge in [-0.25, -0.2) is 4.52 Å². The number of nitrogens with zero attached hydrogens (tertiary/aromatic N) is 3. The lowest BCUT2D eigenvalue weighted by molar-refractivity contribution is 0.00857. The predicted molar refractivity (Wildman–Crippen MR) is 65.7 cm³/mol. The Morgan fingerprint density at radius 3 is 2.94 bits per heavy atom. The third-order valence-electron chi connectivity index (χ3n) is 3.23. The highest BCUT2D eigenvalue weighted by atomic mass is 16.5. The van der Waals surface area contributed by atoms with E-state index in [4.69, 9.17) is 21.3 Å². The van der Waals surface area contributed by atoms with Gasteiger partial charge in [-0.2, -0.15) is 4.98 Å². The summed E-state index contributed by atoms with van der Waals surface area (Å²) in [5, 5.41) is 13.2. The summed E-state index contributed by atoms with van der Waals surface area (Å²) in [5.41, 5.74) is 13.0. The van der Waals surface area contributed by atoms with Crippen molar-refractivity contribution in [2.24, 2.45) is 0 Å². The molecule has 0 aromatic carbocycles. The Balaban J connectivity index is 2.03. The third kappa shape index (κ3) is 1.68. The van der Waals surface area contributed by atoms with Crippen LogP contribution in [0.1, 0.15) is 24.6 Å². The molecule has 0 amide bonds. The van der Waals surface area contributed by atoms with Gasteiger partial charge in [0.05, 0.1) is 18.4 Å². The Bertz CT molecular complexity index is 582. The van der Waals surface area contributed by atoms with Gasteiger partial charge in [0.2, 0.25) is 5.95 Å². The molecule has 96 valence electrons. The molecule has 18 heavy (non-hydrogen) atoms. The van der Waals surface area contributed by atoms with Crippen molar-refractivity contribution in [3.8, 4) is 0 Å². The van der Waals surface area contributed by atoms with Crippen LogP contribution in [0.5, 0.6) is 0 Å². The van der Waals surface area contributed by atoms with Crippen LogP contribution in [0.4, 0.5) is 11.8 Å². The second kappa shape index (κ2) is 4.11. The summed E-state index contributed by atoms with van der Waals surface area (Å²) < 4.78 is 7.40. The number of aliphatic hydroxyl groups excluding tert-OH is 1. The molecule has 2 aromatic heterocycles. The van der Waals surface area contributed by atoms with Crippen LogP contribution in [0.2, 0.25) is 0 Å². The van der Waals surface area contributed by atoms with Gasteiger partial charge in [0.25, 0.3) is 0 Å². The van der Waals surface area contributed by atoms with E-state index in [1.54, 1.807) is 4.52 Å². The molecule has 5 N–H and O–H groups in total. The summed E-state index contributed by atoms with van der Waals surface area (Å²) >= 11 is 0. The molecule has 3 heterocycles. The highest BCUT2D eigenvalue weighted by Gasteiger charge is 2.28. The van der Waals surface area contributed by atoms with E-state index in [1.807, 2.05) is 12.1 Å². The molecule has 0 radical (unpaired) electrons. The summed E-state index contributed by atoms with van der Waals surface area (Å²) in [6.07, 6.45) is 1.50. The largest absolute Gasteiger partial charge is 0.394 e. The topological polar surface area (TPSA) is 112 Å². The molecule has 0 saturated carbocycles.